The van der Waals surface area contributed by atoms with Gasteiger partial charge in [-0.05, 0) is 42.2 Å². The second-order valence-corrected chi connectivity index (χ2v) is 4.84. The number of ether oxygens (including phenoxy) is 1. The predicted octanol–water partition coefficient (Wildman–Crippen LogP) is 3.66. The van der Waals surface area contributed by atoms with Crippen LogP contribution in [0.4, 0.5) is 0 Å². The first-order chi connectivity index (χ1) is 9.33. The molecule has 0 unspecified atom stereocenters. The molecule has 94 valence electrons. The number of fused-ring (bicyclic) bond motifs is 1. The summed E-state index contributed by atoms with van der Waals surface area (Å²) in [5.41, 5.74) is 4.86. The Labute approximate surface area is 114 Å². The number of aryl methyl sites for hydroxylation is 1. The quantitative estimate of drug-likeness (QED) is 0.646. The first-order valence-electron chi connectivity index (χ1n) is 6.60. The van der Waals surface area contributed by atoms with Crippen LogP contribution in [0.15, 0.2) is 48.5 Å². The molecule has 0 amide bonds. The Morgan fingerprint density at radius 2 is 2.00 bits per heavy atom. The lowest BCUT2D eigenvalue weighted by molar-refractivity contribution is 0.0814. The largest absolute Gasteiger partial charge is 0.360 e. The summed E-state index contributed by atoms with van der Waals surface area (Å²) in [6, 6.07) is 16.7. The van der Waals surface area contributed by atoms with Crippen LogP contribution in [0.1, 0.15) is 28.4 Å². The lowest BCUT2D eigenvalue weighted by atomic mass is 9.98. The highest BCUT2D eigenvalue weighted by atomic mass is 16.5. The molecule has 2 aromatic carbocycles. The van der Waals surface area contributed by atoms with Gasteiger partial charge in [0.15, 0.2) is 0 Å². The Morgan fingerprint density at radius 1 is 1.11 bits per heavy atom. The molecule has 1 nitrogen and oxygen atoms in total. The van der Waals surface area contributed by atoms with Gasteiger partial charge >= 0.3 is 0 Å². The van der Waals surface area contributed by atoms with E-state index in [9.17, 15) is 0 Å². The summed E-state index contributed by atoms with van der Waals surface area (Å²) >= 11 is 0. The fourth-order valence-electron chi connectivity index (χ4n) is 2.39. The van der Waals surface area contributed by atoms with Gasteiger partial charge in [-0.25, -0.2) is 0 Å². The number of rotatable bonds is 0. The molecule has 0 bridgehead atoms. The zero-order valence-electron chi connectivity index (χ0n) is 11.0. The maximum Gasteiger partial charge on any atom is 0.144 e. The van der Waals surface area contributed by atoms with E-state index in [0.717, 1.165) is 18.6 Å². The van der Waals surface area contributed by atoms with Crippen molar-refractivity contribution < 1.29 is 4.74 Å². The molecule has 0 saturated carbocycles. The molecule has 2 aromatic rings. The minimum absolute atomic E-state index is 0.0922. The molecular weight excluding hydrogens is 232 g/mol. The topological polar surface area (TPSA) is 9.23 Å². The number of hydrogen-bond donors (Lipinski definition) is 0. The molecule has 0 N–H and O–H groups in total. The first kappa shape index (κ1) is 12.0. The van der Waals surface area contributed by atoms with Crippen LogP contribution in [0.5, 0.6) is 0 Å². The van der Waals surface area contributed by atoms with Crippen LogP contribution in [0.3, 0.4) is 0 Å². The van der Waals surface area contributed by atoms with Gasteiger partial charge in [0.25, 0.3) is 0 Å². The second-order valence-electron chi connectivity index (χ2n) is 4.84. The zero-order chi connectivity index (χ0) is 13.1. The van der Waals surface area contributed by atoms with Gasteiger partial charge in [0.05, 0.1) is 6.61 Å². The number of benzene rings is 2. The molecule has 0 fully saturated rings. The average molecular weight is 248 g/mol. The summed E-state index contributed by atoms with van der Waals surface area (Å²) in [4.78, 5) is 0. The molecule has 0 spiro atoms. The maximum atomic E-state index is 5.78. The summed E-state index contributed by atoms with van der Waals surface area (Å²) in [5, 5.41) is 0. The van der Waals surface area contributed by atoms with Gasteiger partial charge in [-0.1, -0.05) is 48.2 Å². The van der Waals surface area contributed by atoms with Crippen molar-refractivity contribution in [3.05, 3.63) is 70.8 Å². The van der Waals surface area contributed by atoms with E-state index in [1.807, 2.05) is 12.1 Å². The molecule has 0 aromatic heterocycles. The fraction of sp³-hybridized carbons (Fsp3) is 0.222. The minimum Gasteiger partial charge on any atom is -0.360 e. The maximum absolute atomic E-state index is 5.78. The lowest BCUT2D eigenvalue weighted by Crippen LogP contribution is -2.14. The first-order valence-corrected chi connectivity index (χ1v) is 6.60. The molecule has 1 aliphatic rings. The van der Waals surface area contributed by atoms with Crippen molar-refractivity contribution in [3.8, 4) is 11.8 Å². The van der Waals surface area contributed by atoms with Crippen molar-refractivity contribution in [2.75, 3.05) is 6.61 Å². The third-order valence-electron chi connectivity index (χ3n) is 3.36. The molecule has 1 aliphatic heterocycles. The molecule has 0 saturated heterocycles. The molecule has 1 atom stereocenters. The van der Waals surface area contributed by atoms with E-state index in [4.69, 9.17) is 4.74 Å². The highest BCUT2D eigenvalue weighted by Gasteiger charge is 2.17. The van der Waals surface area contributed by atoms with E-state index in [2.05, 4.69) is 55.2 Å². The Kier molecular flexibility index (Phi) is 3.35. The van der Waals surface area contributed by atoms with E-state index in [-0.39, 0.29) is 6.10 Å². The van der Waals surface area contributed by atoms with Crippen molar-refractivity contribution in [2.24, 2.45) is 0 Å². The summed E-state index contributed by atoms with van der Waals surface area (Å²) in [7, 11) is 0. The van der Waals surface area contributed by atoms with E-state index in [0.29, 0.717) is 0 Å². The smallest absolute Gasteiger partial charge is 0.144 e. The van der Waals surface area contributed by atoms with Crippen LogP contribution in [0.2, 0.25) is 0 Å². The summed E-state index contributed by atoms with van der Waals surface area (Å²) in [6.45, 7) is 2.84. The van der Waals surface area contributed by atoms with E-state index >= 15 is 0 Å². The minimum atomic E-state index is -0.0922. The van der Waals surface area contributed by atoms with E-state index in [1.165, 1.54) is 16.7 Å². The monoisotopic (exact) mass is 248 g/mol. The highest BCUT2D eigenvalue weighted by molar-refractivity contribution is 5.41. The van der Waals surface area contributed by atoms with Crippen LogP contribution in [0, 0.1) is 18.8 Å². The van der Waals surface area contributed by atoms with E-state index in [1.54, 1.807) is 0 Å². The van der Waals surface area contributed by atoms with Crippen molar-refractivity contribution in [1.82, 2.24) is 0 Å². The molecule has 0 aliphatic carbocycles. The second kappa shape index (κ2) is 5.30. The molecule has 19 heavy (non-hydrogen) atoms. The molecule has 1 heteroatoms. The third-order valence-corrected chi connectivity index (χ3v) is 3.36. The SMILES string of the molecule is Cc1cccc(C#C[C@@H]2OCCc3ccccc32)c1. The van der Waals surface area contributed by atoms with Crippen molar-refractivity contribution in [2.45, 2.75) is 19.4 Å². The third kappa shape index (κ3) is 2.70. The van der Waals surface area contributed by atoms with Crippen LogP contribution >= 0.6 is 0 Å². The number of hydrogen-bond acceptors (Lipinski definition) is 1. The van der Waals surface area contributed by atoms with Gasteiger partial charge < -0.3 is 4.74 Å². The van der Waals surface area contributed by atoms with Gasteiger partial charge in [-0.15, -0.1) is 0 Å². The van der Waals surface area contributed by atoms with Gasteiger partial charge in [-0.2, -0.15) is 0 Å². The van der Waals surface area contributed by atoms with E-state index < -0.39 is 0 Å². The normalized spacial score (nSPS) is 17.2. The standard InChI is InChI=1S/C18H16O/c1-14-5-4-6-15(13-14)9-10-18-17-8-3-2-7-16(17)11-12-19-18/h2-8,13,18H,11-12H2,1H3/t18-/m0/s1. The summed E-state index contributed by atoms with van der Waals surface area (Å²) < 4.78 is 5.78. The van der Waals surface area contributed by atoms with Crippen LogP contribution < -0.4 is 0 Å². The fourth-order valence-corrected chi connectivity index (χ4v) is 2.39. The summed E-state index contributed by atoms with van der Waals surface area (Å²) in [6.07, 6.45) is 0.893. The van der Waals surface area contributed by atoms with Crippen LogP contribution in [-0.2, 0) is 11.2 Å². The van der Waals surface area contributed by atoms with Crippen molar-refractivity contribution >= 4 is 0 Å². The van der Waals surface area contributed by atoms with Crippen LogP contribution in [-0.4, -0.2) is 6.61 Å². The Morgan fingerprint density at radius 3 is 2.89 bits per heavy atom. The summed E-state index contributed by atoms with van der Waals surface area (Å²) in [5.74, 6) is 6.47. The molecule has 1 heterocycles. The Balaban J connectivity index is 1.90. The van der Waals surface area contributed by atoms with Gasteiger partial charge in [0.2, 0.25) is 0 Å². The lowest BCUT2D eigenvalue weighted by Gasteiger charge is -2.21. The van der Waals surface area contributed by atoms with Crippen molar-refractivity contribution in [3.63, 3.8) is 0 Å². The Hall–Kier alpha value is -2.04. The highest BCUT2D eigenvalue weighted by Crippen LogP contribution is 2.26. The molecule has 0 radical (unpaired) electrons. The van der Waals surface area contributed by atoms with Crippen molar-refractivity contribution in [1.29, 1.82) is 0 Å². The van der Waals surface area contributed by atoms with Gasteiger partial charge in [0.1, 0.15) is 6.10 Å². The van der Waals surface area contributed by atoms with Crippen LogP contribution in [0.25, 0.3) is 0 Å². The molecular formula is C18H16O. The Bertz CT molecular complexity index is 646. The average Bonchev–Trinajstić information content (AvgIpc) is 2.45. The van der Waals surface area contributed by atoms with Gasteiger partial charge in [-0.3, -0.25) is 0 Å². The molecule has 3 rings (SSSR count). The predicted molar refractivity (Wildman–Crippen MR) is 76.9 cm³/mol. The zero-order valence-corrected chi connectivity index (χ0v) is 11.0. The van der Waals surface area contributed by atoms with Gasteiger partial charge in [0, 0.05) is 5.56 Å².